The minimum Gasteiger partial charge on any atom is -0.295 e. The van der Waals surface area contributed by atoms with Gasteiger partial charge < -0.3 is 0 Å². The second-order valence-electron chi connectivity index (χ2n) is 4.10. The molecule has 98 valence electrons. The molecule has 1 amide bonds. The first-order valence-electron chi connectivity index (χ1n) is 6.05. The average molecular weight is 276 g/mol. The van der Waals surface area contributed by atoms with Gasteiger partial charge in [-0.2, -0.15) is 0 Å². The summed E-state index contributed by atoms with van der Waals surface area (Å²) in [6, 6.07) is 9.37. The number of amides is 1. The van der Waals surface area contributed by atoms with Gasteiger partial charge in [-0.3, -0.25) is 10.1 Å². The van der Waals surface area contributed by atoms with Gasteiger partial charge in [0.05, 0.1) is 0 Å². The predicted octanol–water partition coefficient (Wildman–Crippen LogP) is 3.09. The average Bonchev–Trinajstić information content (AvgIpc) is 2.40. The lowest BCUT2D eigenvalue weighted by atomic mass is 10.1. The highest BCUT2D eigenvalue weighted by atomic mass is 35.5. The Labute approximate surface area is 116 Å². The standard InChI is InChI=1S/C14H14ClN3O/c15-12-6-1-4-11(10-12)5-2-7-13(19)18-14-16-8-3-9-17-14/h1,3-4,6,8-10H,2,5,7H2,(H,16,17,18,19). The third kappa shape index (κ3) is 4.67. The monoisotopic (exact) mass is 275 g/mol. The van der Waals surface area contributed by atoms with Crippen LogP contribution in [0.1, 0.15) is 18.4 Å². The zero-order valence-electron chi connectivity index (χ0n) is 10.3. The van der Waals surface area contributed by atoms with Gasteiger partial charge in [-0.05, 0) is 36.6 Å². The number of nitrogens with zero attached hydrogens (tertiary/aromatic N) is 2. The van der Waals surface area contributed by atoms with Gasteiger partial charge in [-0.1, -0.05) is 23.7 Å². The second-order valence-corrected chi connectivity index (χ2v) is 4.54. The van der Waals surface area contributed by atoms with E-state index in [4.69, 9.17) is 11.6 Å². The summed E-state index contributed by atoms with van der Waals surface area (Å²) in [6.07, 6.45) is 5.20. The SMILES string of the molecule is O=C(CCCc1cccc(Cl)c1)Nc1ncccn1. The van der Waals surface area contributed by atoms with E-state index in [0.29, 0.717) is 12.4 Å². The summed E-state index contributed by atoms with van der Waals surface area (Å²) in [4.78, 5) is 19.5. The van der Waals surface area contributed by atoms with Crippen molar-refractivity contribution in [3.63, 3.8) is 0 Å². The Morgan fingerprint density at radius 2 is 2.00 bits per heavy atom. The molecule has 0 aliphatic rings. The van der Waals surface area contributed by atoms with Crippen molar-refractivity contribution in [1.82, 2.24) is 9.97 Å². The Balaban J connectivity index is 1.75. The Morgan fingerprint density at radius 3 is 2.74 bits per heavy atom. The van der Waals surface area contributed by atoms with Crippen LogP contribution in [0.3, 0.4) is 0 Å². The van der Waals surface area contributed by atoms with Crippen molar-refractivity contribution in [2.75, 3.05) is 5.32 Å². The fourth-order valence-electron chi connectivity index (χ4n) is 1.70. The van der Waals surface area contributed by atoms with Crippen molar-refractivity contribution in [3.05, 3.63) is 53.3 Å². The molecule has 5 heteroatoms. The van der Waals surface area contributed by atoms with Crippen molar-refractivity contribution in [1.29, 1.82) is 0 Å². The molecule has 1 aromatic carbocycles. The van der Waals surface area contributed by atoms with Gasteiger partial charge in [-0.15, -0.1) is 0 Å². The largest absolute Gasteiger partial charge is 0.295 e. The lowest BCUT2D eigenvalue weighted by Gasteiger charge is -2.03. The van der Waals surface area contributed by atoms with Gasteiger partial charge >= 0.3 is 0 Å². The Bertz CT molecular complexity index is 545. The topological polar surface area (TPSA) is 54.9 Å². The number of aryl methyl sites for hydroxylation is 1. The van der Waals surface area contributed by atoms with Crippen LogP contribution in [0.5, 0.6) is 0 Å². The minimum absolute atomic E-state index is 0.0757. The summed E-state index contributed by atoms with van der Waals surface area (Å²) in [5, 5.41) is 3.37. The van der Waals surface area contributed by atoms with Crippen LogP contribution in [0.15, 0.2) is 42.7 Å². The van der Waals surface area contributed by atoms with Crippen LogP contribution in [-0.2, 0) is 11.2 Å². The van der Waals surface area contributed by atoms with Crippen molar-refractivity contribution < 1.29 is 4.79 Å². The fourth-order valence-corrected chi connectivity index (χ4v) is 1.91. The molecule has 0 bridgehead atoms. The van der Waals surface area contributed by atoms with E-state index in [1.165, 1.54) is 0 Å². The van der Waals surface area contributed by atoms with Crippen LogP contribution in [0.4, 0.5) is 5.95 Å². The molecule has 0 fully saturated rings. The first-order valence-corrected chi connectivity index (χ1v) is 6.43. The lowest BCUT2D eigenvalue weighted by Crippen LogP contribution is -2.13. The van der Waals surface area contributed by atoms with Crippen LogP contribution >= 0.6 is 11.6 Å². The van der Waals surface area contributed by atoms with Crippen molar-refractivity contribution in [2.45, 2.75) is 19.3 Å². The summed E-state index contributed by atoms with van der Waals surface area (Å²) in [7, 11) is 0. The van der Waals surface area contributed by atoms with E-state index in [-0.39, 0.29) is 5.91 Å². The van der Waals surface area contributed by atoms with Gasteiger partial charge in [-0.25, -0.2) is 9.97 Å². The van der Waals surface area contributed by atoms with Gasteiger partial charge in [0.1, 0.15) is 0 Å². The van der Waals surface area contributed by atoms with Crippen LogP contribution in [0, 0.1) is 0 Å². The van der Waals surface area contributed by atoms with Crippen LogP contribution in [-0.4, -0.2) is 15.9 Å². The summed E-state index contributed by atoms with van der Waals surface area (Å²) in [6.45, 7) is 0. The first kappa shape index (κ1) is 13.5. The van der Waals surface area contributed by atoms with Gasteiger partial charge in [0, 0.05) is 23.8 Å². The van der Waals surface area contributed by atoms with Crippen molar-refractivity contribution in [3.8, 4) is 0 Å². The first-order chi connectivity index (χ1) is 9.24. The maximum Gasteiger partial charge on any atom is 0.229 e. The van der Waals surface area contributed by atoms with E-state index in [9.17, 15) is 4.79 Å². The number of anilines is 1. The quantitative estimate of drug-likeness (QED) is 0.912. The van der Waals surface area contributed by atoms with E-state index >= 15 is 0 Å². The molecule has 0 aliphatic heterocycles. The molecule has 2 aromatic rings. The van der Waals surface area contributed by atoms with Crippen molar-refractivity contribution >= 4 is 23.5 Å². The molecule has 1 N–H and O–H groups in total. The van der Waals surface area contributed by atoms with Crippen LogP contribution in [0.2, 0.25) is 5.02 Å². The number of rotatable bonds is 5. The molecule has 0 atom stereocenters. The molecule has 0 saturated carbocycles. The molecule has 1 aromatic heterocycles. The van der Waals surface area contributed by atoms with E-state index in [2.05, 4.69) is 15.3 Å². The fraction of sp³-hybridized carbons (Fsp3) is 0.214. The molecule has 0 aliphatic carbocycles. The number of hydrogen-bond acceptors (Lipinski definition) is 3. The predicted molar refractivity (Wildman–Crippen MR) is 75.1 cm³/mol. The van der Waals surface area contributed by atoms with E-state index < -0.39 is 0 Å². The third-order valence-electron chi connectivity index (χ3n) is 2.58. The van der Waals surface area contributed by atoms with Crippen LogP contribution in [0.25, 0.3) is 0 Å². The molecule has 0 radical (unpaired) electrons. The number of nitrogens with one attached hydrogen (secondary N) is 1. The summed E-state index contributed by atoms with van der Waals surface area (Å²) in [5.74, 6) is 0.267. The highest BCUT2D eigenvalue weighted by molar-refractivity contribution is 6.30. The maximum absolute atomic E-state index is 11.7. The van der Waals surface area contributed by atoms with Crippen LogP contribution < -0.4 is 5.32 Å². The molecular formula is C14H14ClN3O. The zero-order chi connectivity index (χ0) is 13.5. The number of carbonyl (C=O) groups excluding carboxylic acids is 1. The molecule has 4 nitrogen and oxygen atoms in total. The van der Waals surface area contributed by atoms with Crippen molar-refractivity contribution in [2.24, 2.45) is 0 Å². The van der Waals surface area contributed by atoms with Gasteiger partial charge in [0.15, 0.2) is 0 Å². The smallest absolute Gasteiger partial charge is 0.229 e. The minimum atomic E-state index is -0.0757. The Morgan fingerprint density at radius 1 is 1.21 bits per heavy atom. The Kier molecular flexibility index (Phi) is 4.86. The summed E-state index contributed by atoms with van der Waals surface area (Å²) in [5.41, 5.74) is 1.14. The molecule has 0 saturated heterocycles. The van der Waals surface area contributed by atoms with E-state index in [1.807, 2.05) is 24.3 Å². The number of benzene rings is 1. The third-order valence-corrected chi connectivity index (χ3v) is 2.81. The highest BCUT2D eigenvalue weighted by Crippen LogP contribution is 2.13. The Hall–Kier alpha value is -1.94. The molecular weight excluding hydrogens is 262 g/mol. The van der Waals surface area contributed by atoms with E-state index in [0.717, 1.165) is 23.4 Å². The number of hydrogen-bond donors (Lipinski definition) is 1. The van der Waals surface area contributed by atoms with E-state index in [1.54, 1.807) is 18.5 Å². The molecule has 1 heterocycles. The lowest BCUT2D eigenvalue weighted by molar-refractivity contribution is -0.116. The maximum atomic E-state index is 11.7. The summed E-state index contributed by atoms with van der Waals surface area (Å²) >= 11 is 5.90. The number of halogens is 1. The normalized spacial score (nSPS) is 10.2. The number of carbonyl (C=O) groups is 1. The van der Waals surface area contributed by atoms with Gasteiger partial charge in [0.25, 0.3) is 0 Å². The second kappa shape index (κ2) is 6.85. The molecule has 2 rings (SSSR count). The number of aromatic nitrogens is 2. The summed E-state index contributed by atoms with van der Waals surface area (Å²) < 4.78 is 0. The van der Waals surface area contributed by atoms with Gasteiger partial charge in [0.2, 0.25) is 11.9 Å². The zero-order valence-corrected chi connectivity index (χ0v) is 11.1. The highest BCUT2D eigenvalue weighted by Gasteiger charge is 2.04. The molecule has 19 heavy (non-hydrogen) atoms. The molecule has 0 spiro atoms. The molecule has 0 unspecified atom stereocenters.